The highest BCUT2D eigenvalue weighted by atomic mass is 16.4. The van der Waals surface area contributed by atoms with Crippen molar-refractivity contribution in [3.63, 3.8) is 0 Å². The fourth-order valence-corrected chi connectivity index (χ4v) is 1.71. The highest BCUT2D eigenvalue weighted by Gasteiger charge is 2.19. The molecule has 1 unspecified atom stereocenters. The van der Waals surface area contributed by atoms with Crippen LogP contribution in [0.25, 0.3) is 0 Å². The predicted octanol–water partition coefficient (Wildman–Crippen LogP) is 2.07. The van der Waals surface area contributed by atoms with Crippen molar-refractivity contribution in [3.05, 3.63) is 0 Å². The average Bonchev–Trinajstić information content (AvgIpc) is 2.32. The standard InChI is InChI=1S/C14H24N2O3/c1-5-8-12(6-2)15-14(19)16(11(3)4)10-7-9-13(17)18/h2,11-12H,5,7-10H2,1,3-4H3,(H,15,19)(H,17,18). The molecule has 0 aliphatic heterocycles. The number of nitrogens with zero attached hydrogens (tertiary/aromatic N) is 1. The molecule has 0 saturated heterocycles. The summed E-state index contributed by atoms with van der Waals surface area (Å²) in [5.74, 6) is 1.70. The summed E-state index contributed by atoms with van der Waals surface area (Å²) in [4.78, 5) is 24.2. The van der Waals surface area contributed by atoms with Crippen molar-refractivity contribution in [2.75, 3.05) is 6.54 Å². The van der Waals surface area contributed by atoms with Crippen LogP contribution in [0.3, 0.4) is 0 Å². The Bertz CT molecular complexity index is 334. The lowest BCUT2D eigenvalue weighted by Crippen LogP contribution is -2.47. The Morgan fingerprint density at radius 2 is 2.05 bits per heavy atom. The number of rotatable bonds is 8. The normalized spacial score (nSPS) is 11.7. The van der Waals surface area contributed by atoms with Gasteiger partial charge in [0.15, 0.2) is 0 Å². The molecule has 0 heterocycles. The van der Waals surface area contributed by atoms with E-state index in [0.717, 1.165) is 12.8 Å². The van der Waals surface area contributed by atoms with Crippen molar-refractivity contribution in [1.82, 2.24) is 10.2 Å². The zero-order valence-electron chi connectivity index (χ0n) is 12.0. The number of carbonyl (C=O) groups excluding carboxylic acids is 1. The van der Waals surface area contributed by atoms with Crippen LogP contribution in [0, 0.1) is 12.3 Å². The number of aliphatic carboxylic acids is 1. The van der Waals surface area contributed by atoms with Gasteiger partial charge in [0.05, 0.1) is 6.04 Å². The van der Waals surface area contributed by atoms with Crippen molar-refractivity contribution in [3.8, 4) is 12.3 Å². The van der Waals surface area contributed by atoms with Gasteiger partial charge in [-0.25, -0.2) is 4.79 Å². The third-order valence-corrected chi connectivity index (χ3v) is 2.75. The molecule has 0 rings (SSSR count). The van der Waals surface area contributed by atoms with Gasteiger partial charge in [-0.2, -0.15) is 0 Å². The van der Waals surface area contributed by atoms with E-state index in [1.807, 2.05) is 20.8 Å². The second kappa shape index (κ2) is 9.26. The maximum absolute atomic E-state index is 12.1. The molecule has 1 atom stereocenters. The fourth-order valence-electron chi connectivity index (χ4n) is 1.71. The van der Waals surface area contributed by atoms with Gasteiger partial charge >= 0.3 is 12.0 Å². The Kier molecular flexibility index (Phi) is 8.43. The van der Waals surface area contributed by atoms with Crippen LogP contribution in [0.4, 0.5) is 4.79 Å². The Balaban J connectivity index is 4.40. The van der Waals surface area contributed by atoms with Crippen molar-refractivity contribution in [2.24, 2.45) is 0 Å². The highest BCUT2D eigenvalue weighted by Crippen LogP contribution is 2.04. The summed E-state index contributed by atoms with van der Waals surface area (Å²) >= 11 is 0. The van der Waals surface area contributed by atoms with Crippen LogP contribution in [-0.4, -0.2) is 40.6 Å². The fraction of sp³-hybridized carbons (Fsp3) is 0.714. The number of nitrogens with one attached hydrogen (secondary N) is 1. The van der Waals surface area contributed by atoms with Crippen LogP contribution >= 0.6 is 0 Å². The first-order chi connectivity index (χ1) is 8.92. The summed E-state index contributed by atoms with van der Waals surface area (Å²) in [5.41, 5.74) is 0. The molecule has 0 bridgehead atoms. The maximum Gasteiger partial charge on any atom is 0.318 e. The molecule has 2 amide bonds. The lowest BCUT2D eigenvalue weighted by Gasteiger charge is -2.28. The van der Waals surface area contributed by atoms with Gasteiger partial charge in [-0.1, -0.05) is 19.3 Å². The van der Waals surface area contributed by atoms with E-state index < -0.39 is 5.97 Å². The van der Waals surface area contributed by atoms with Gasteiger partial charge in [0.1, 0.15) is 0 Å². The lowest BCUT2D eigenvalue weighted by molar-refractivity contribution is -0.137. The van der Waals surface area contributed by atoms with Gasteiger partial charge in [0, 0.05) is 19.0 Å². The van der Waals surface area contributed by atoms with Gasteiger partial charge in [0.25, 0.3) is 0 Å². The Morgan fingerprint density at radius 1 is 1.42 bits per heavy atom. The first-order valence-electron chi connectivity index (χ1n) is 6.67. The van der Waals surface area contributed by atoms with E-state index in [2.05, 4.69) is 11.2 Å². The number of carboxylic acid groups (broad SMARTS) is 1. The molecular weight excluding hydrogens is 244 g/mol. The molecule has 19 heavy (non-hydrogen) atoms. The van der Waals surface area contributed by atoms with Crippen LogP contribution in [0.2, 0.25) is 0 Å². The molecule has 2 N–H and O–H groups in total. The minimum absolute atomic E-state index is 0.00819. The molecule has 0 aliphatic carbocycles. The third kappa shape index (κ3) is 7.35. The summed E-state index contributed by atoms with van der Waals surface area (Å²) in [6.45, 7) is 6.21. The third-order valence-electron chi connectivity index (χ3n) is 2.75. The van der Waals surface area contributed by atoms with Gasteiger partial charge in [-0.15, -0.1) is 6.42 Å². The molecular formula is C14H24N2O3. The van der Waals surface area contributed by atoms with Crippen molar-refractivity contribution < 1.29 is 14.7 Å². The predicted molar refractivity (Wildman–Crippen MR) is 74.8 cm³/mol. The van der Waals surface area contributed by atoms with E-state index in [1.165, 1.54) is 0 Å². The van der Waals surface area contributed by atoms with Crippen molar-refractivity contribution in [2.45, 2.75) is 58.5 Å². The molecule has 0 radical (unpaired) electrons. The lowest BCUT2D eigenvalue weighted by atomic mass is 10.2. The quantitative estimate of drug-likeness (QED) is 0.662. The van der Waals surface area contributed by atoms with Gasteiger partial charge in [0.2, 0.25) is 0 Å². The maximum atomic E-state index is 12.1. The topological polar surface area (TPSA) is 69.6 Å². The number of urea groups is 1. The van der Waals surface area contributed by atoms with E-state index >= 15 is 0 Å². The van der Waals surface area contributed by atoms with Crippen LogP contribution in [0.1, 0.15) is 46.5 Å². The monoisotopic (exact) mass is 268 g/mol. The molecule has 0 aromatic carbocycles. The van der Waals surface area contributed by atoms with Crippen molar-refractivity contribution in [1.29, 1.82) is 0 Å². The van der Waals surface area contributed by atoms with Gasteiger partial charge < -0.3 is 15.3 Å². The Hall–Kier alpha value is -1.70. The number of carboxylic acids is 1. The number of amides is 2. The van der Waals surface area contributed by atoms with Crippen molar-refractivity contribution >= 4 is 12.0 Å². The minimum Gasteiger partial charge on any atom is -0.481 e. The smallest absolute Gasteiger partial charge is 0.318 e. The molecule has 5 nitrogen and oxygen atoms in total. The van der Waals surface area contributed by atoms with Crippen LogP contribution < -0.4 is 5.32 Å². The highest BCUT2D eigenvalue weighted by molar-refractivity contribution is 5.75. The SMILES string of the molecule is C#CC(CCC)NC(=O)N(CCCC(=O)O)C(C)C. The Morgan fingerprint density at radius 3 is 2.47 bits per heavy atom. The number of hydrogen-bond acceptors (Lipinski definition) is 2. The molecule has 0 fully saturated rings. The zero-order valence-corrected chi connectivity index (χ0v) is 12.0. The Labute approximate surface area is 115 Å². The van der Waals surface area contributed by atoms with E-state index in [-0.39, 0.29) is 24.5 Å². The van der Waals surface area contributed by atoms with E-state index in [1.54, 1.807) is 4.90 Å². The average molecular weight is 268 g/mol. The van der Waals surface area contributed by atoms with E-state index in [0.29, 0.717) is 13.0 Å². The summed E-state index contributed by atoms with van der Waals surface area (Å²) in [7, 11) is 0. The van der Waals surface area contributed by atoms with Gasteiger partial charge in [-0.3, -0.25) is 4.79 Å². The summed E-state index contributed by atoms with van der Waals surface area (Å²) in [6, 6.07) is -0.483. The van der Waals surface area contributed by atoms with Gasteiger partial charge in [-0.05, 0) is 26.7 Å². The van der Waals surface area contributed by atoms with Crippen LogP contribution in [0.15, 0.2) is 0 Å². The summed E-state index contributed by atoms with van der Waals surface area (Å²) in [6.07, 6.45) is 7.50. The molecule has 0 saturated carbocycles. The molecule has 108 valence electrons. The second-order valence-corrected chi connectivity index (χ2v) is 4.74. The summed E-state index contributed by atoms with van der Waals surface area (Å²) < 4.78 is 0. The van der Waals surface area contributed by atoms with E-state index in [9.17, 15) is 9.59 Å². The number of hydrogen-bond donors (Lipinski definition) is 2. The van der Waals surface area contributed by atoms with E-state index in [4.69, 9.17) is 11.5 Å². The molecule has 0 aromatic heterocycles. The first kappa shape index (κ1) is 17.3. The first-order valence-corrected chi connectivity index (χ1v) is 6.67. The largest absolute Gasteiger partial charge is 0.481 e. The number of carbonyl (C=O) groups is 2. The molecule has 0 aromatic rings. The molecule has 0 spiro atoms. The van der Waals surface area contributed by atoms with Crippen LogP contribution in [0.5, 0.6) is 0 Å². The molecule has 0 aliphatic rings. The number of terminal acetylenes is 1. The minimum atomic E-state index is -0.850. The zero-order chi connectivity index (χ0) is 14.8. The summed E-state index contributed by atoms with van der Waals surface area (Å²) in [5, 5.41) is 11.4. The second-order valence-electron chi connectivity index (χ2n) is 4.74. The van der Waals surface area contributed by atoms with Crippen LogP contribution in [-0.2, 0) is 4.79 Å². The molecule has 5 heteroatoms.